The van der Waals surface area contributed by atoms with Gasteiger partial charge in [-0.1, -0.05) is 80.3 Å². The molecule has 0 aromatic heterocycles. The topological polar surface area (TPSA) is 29.1 Å². The van der Waals surface area contributed by atoms with Crippen LogP contribution in [0.5, 0.6) is 0 Å². The van der Waals surface area contributed by atoms with Crippen LogP contribution in [-0.2, 0) is 0 Å². The highest BCUT2D eigenvalue weighted by Gasteiger charge is 2.25. The number of amides is 1. The van der Waals surface area contributed by atoms with Crippen molar-refractivity contribution >= 4 is 57.6 Å². The third-order valence-electron chi connectivity index (χ3n) is 8.20. The normalized spacial score (nSPS) is 25.8. The molecule has 0 aliphatic heterocycles. The van der Waals surface area contributed by atoms with E-state index in [2.05, 4.69) is 77.1 Å². The minimum absolute atomic E-state index is 0.00633. The molecule has 37 heavy (non-hydrogen) atoms. The number of hydrogen-bond donors (Lipinski definition) is 1. The molecule has 5 atom stereocenters. The van der Waals surface area contributed by atoms with Gasteiger partial charge < -0.3 is 5.32 Å². The van der Waals surface area contributed by atoms with Crippen molar-refractivity contribution in [2.75, 3.05) is 15.9 Å². The monoisotopic (exact) mass is 655 g/mol. The van der Waals surface area contributed by atoms with Gasteiger partial charge in [-0.25, -0.2) is 0 Å². The minimum atomic E-state index is 0.00633. The summed E-state index contributed by atoms with van der Waals surface area (Å²) in [6.45, 7) is 11.1. The lowest BCUT2D eigenvalue weighted by Gasteiger charge is -2.25. The van der Waals surface area contributed by atoms with Crippen LogP contribution in [0.15, 0.2) is 30.8 Å². The molecule has 2 saturated carbocycles. The van der Waals surface area contributed by atoms with Gasteiger partial charge in [0.1, 0.15) is 0 Å². The Bertz CT molecular complexity index is 827. The molecule has 2 nitrogen and oxygen atoms in total. The molecule has 3 rings (SSSR count). The molecular weight excluding hydrogens is 605 g/mol. The summed E-state index contributed by atoms with van der Waals surface area (Å²) >= 11 is 7.01. The van der Waals surface area contributed by atoms with Crippen molar-refractivity contribution in [3.05, 3.63) is 42.0 Å². The number of carbonyl (C=O) groups excluding carboxylic acids is 1. The Kier molecular flexibility index (Phi) is 14.3. The Hall–Kier alpha value is -0.140. The van der Waals surface area contributed by atoms with Crippen LogP contribution >= 0.6 is 46.1 Å². The first-order valence-electron chi connectivity index (χ1n) is 14.7. The van der Waals surface area contributed by atoms with Crippen molar-refractivity contribution in [2.45, 2.75) is 108 Å². The maximum Gasteiger partial charge on any atom is 0.251 e. The number of halogens is 1. The quantitative estimate of drug-likeness (QED) is 0.138. The summed E-state index contributed by atoms with van der Waals surface area (Å²) in [7, 11) is 0. The fraction of sp³-hybridized carbons (Fsp3) is 0.719. The lowest BCUT2D eigenvalue weighted by molar-refractivity contribution is 0.0943. The van der Waals surface area contributed by atoms with Gasteiger partial charge >= 0.3 is 0 Å². The van der Waals surface area contributed by atoms with Gasteiger partial charge in [0.25, 0.3) is 5.91 Å². The lowest BCUT2D eigenvalue weighted by Crippen LogP contribution is -2.30. The summed E-state index contributed by atoms with van der Waals surface area (Å²) < 4.78 is 1.29. The summed E-state index contributed by atoms with van der Waals surface area (Å²) in [6, 6.07) is 8.34. The van der Waals surface area contributed by atoms with Crippen LogP contribution in [0.3, 0.4) is 0 Å². The maximum atomic E-state index is 12.4. The van der Waals surface area contributed by atoms with Crippen LogP contribution in [-0.4, -0.2) is 38.4 Å². The van der Waals surface area contributed by atoms with Gasteiger partial charge in [0, 0.05) is 39.5 Å². The van der Waals surface area contributed by atoms with Crippen molar-refractivity contribution in [3.63, 3.8) is 0 Å². The van der Waals surface area contributed by atoms with Gasteiger partial charge in [0.05, 0.1) is 0 Å². The first-order chi connectivity index (χ1) is 17.9. The Morgan fingerprint density at radius 1 is 0.946 bits per heavy atom. The molecule has 0 heterocycles. The summed E-state index contributed by atoms with van der Waals surface area (Å²) in [6.07, 6.45) is 15.4. The number of benzene rings is 1. The maximum absolute atomic E-state index is 12.4. The van der Waals surface area contributed by atoms with Crippen LogP contribution in [0.2, 0.25) is 0 Å². The van der Waals surface area contributed by atoms with Crippen LogP contribution in [0.25, 0.3) is 5.57 Å². The van der Waals surface area contributed by atoms with E-state index in [0.29, 0.717) is 5.92 Å². The average molecular weight is 656 g/mol. The van der Waals surface area contributed by atoms with Crippen molar-refractivity contribution in [2.24, 2.45) is 17.8 Å². The fourth-order valence-electron chi connectivity index (χ4n) is 5.77. The molecule has 4 unspecified atom stereocenters. The minimum Gasteiger partial charge on any atom is -0.350 e. The molecule has 2 aliphatic rings. The van der Waals surface area contributed by atoms with E-state index in [4.69, 9.17) is 0 Å². The molecule has 0 saturated heterocycles. The van der Waals surface area contributed by atoms with E-state index < -0.39 is 0 Å². The van der Waals surface area contributed by atoms with E-state index in [1.807, 2.05) is 26.0 Å². The molecule has 2 fully saturated rings. The highest BCUT2D eigenvalue weighted by molar-refractivity contribution is 14.1. The highest BCUT2D eigenvalue weighted by Crippen LogP contribution is 2.38. The number of nitrogens with one attached hydrogen (secondary N) is 1. The zero-order chi connectivity index (χ0) is 26.6. The standard InChI is InChI=1S/C32H50INOS2/c1-23(2)34-32(35)28-15-13-27(14-16-28)25(4)29(21-36-30-11-7-8-24(3)12-17-30)22-37-31-10-6-5-9-26(20-31)18-19-33/h13-16,23-24,26,29-31H,4-12,17-22H2,1-3H3,(H,34,35)/t24?,26-,29?,30?,31?/m1/s1. The third-order valence-corrected chi connectivity index (χ3v) is 11.9. The molecule has 208 valence electrons. The Morgan fingerprint density at radius 3 is 2.30 bits per heavy atom. The molecule has 5 heteroatoms. The van der Waals surface area contributed by atoms with Crippen molar-refractivity contribution in [1.29, 1.82) is 0 Å². The van der Waals surface area contributed by atoms with E-state index in [1.54, 1.807) is 0 Å². The summed E-state index contributed by atoms with van der Waals surface area (Å²) in [4.78, 5) is 12.4. The smallest absolute Gasteiger partial charge is 0.251 e. The van der Waals surface area contributed by atoms with E-state index in [1.165, 1.54) is 97.7 Å². The molecule has 1 aromatic carbocycles. The second-order valence-corrected chi connectivity index (χ2v) is 15.6. The second kappa shape index (κ2) is 16.8. The molecule has 0 bridgehead atoms. The molecule has 2 aliphatic carbocycles. The van der Waals surface area contributed by atoms with Crippen LogP contribution in [0, 0.1) is 17.8 Å². The van der Waals surface area contributed by atoms with Gasteiger partial charge in [0.15, 0.2) is 0 Å². The average Bonchev–Trinajstić information content (AvgIpc) is 3.23. The van der Waals surface area contributed by atoms with Gasteiger partial charge in [-0.2, -0.15) is 23.5 Å². The van der Waals surface area contributed by atoms with Crippen LogP contribution in [0.1, 0.15) is 107 Å². The summed E-state index contributed by atoms with van der Waals surface area (Å²) in [5.74, 6) is 4.65. The van der Waals surface area contributed by atoms with E-state index in [9.17, 15) is 4.79 Å². The first kappa shape index (κ1) is 31.4. The van der Waals surface area contributed by atoms with Crippen LogP contribution < -0.4 is 5.32 Å². The number of allylic oxidation sites excluding steroid dienone is 1. The molecule has 0 radical (unpaired) electrons. The Morgan fingerprint density at radius 2 is 1.59 bits per heavy atom. The number of rotatable bonds is 12. The molecule has 1 amide bonds. The number of carbonyl (C=O) groups is 1. The van der Waals surface area contributed by atoms with E-state index in [-0.39, 0.29) is 11.9 Å². The zero-order valence-electron chi connectivity index (χ0n) is 23.5. The molecular formula is C32H50INOS2. The van der Waals surface area contributed by atoms with E-state index in [0.717, 1.165) is 27.9 Å². The Balaban J connectivity index is 1.66. The fourth-order valence-corrected chi connectivity index (χ4v) is 9.83. The Labute approximate surface area is 249 Å². The number of alkyl halides is 1. The predicted molar refractivity (Wildman–Crippen MR) is 176 cm³/mol. The second-order valence-electron chi connectivity index (χ2n) is 11.8. The van der Waals surface area contributed by atoms with Crippen molar-refractivity contribution < 1.29 is 4.79 Å². The zero-order valence-corrected chi connectivity index (χ0v) is 27.3. The van der Waals surface area contributed by atoms with Crippen molar-refractivity contribution in [3.8, 4) is 0 Å². The molecule has 0 spiro atoms. The number of hydrogen-bond acceptors (Lipinski definition) is 3. The lowest BCUT2D eigenvalue weighted by atomic mass is 9.96. The first-order valence-corrected chi connectivity index (χ1v) is 18.4. The highest BCUT2D eigenvalue weighted by atomic mass is 127. The SMILES string of the molecule is C=C(c1ccc(C(=O)NC(C)C)cc1)C(CSC1CCCC(C)CC1)CSC1CCCC[C@H](CCI)C1. The van der Waals surface area contributed by atoms with Gasteiger partial charge in [0.2, 0.25) is 0 Å². The predicted octanol–water partition coefficient (Wildman–Crippen LogP) is 9.66. The summed E-state index contributed by atoms with van der Waals surface area (Å²) in [5.41, 5.74) is 3.19. The largest absolute Gasteiger partial charge is 0.350 e. The van der Waals surface area contributed by atoms with Crippen LogP contribution in [0.4, 0.5) is 0 Å². The van der Waals surface area contributed by atoms with Gasteiger partial charge in [-0.3, -0.25) is 4.79 Å². The summed E-state index contributed by atoms with van der Waals surface area (Å²) in [5, 5.41) is 4.61. The van der Waals surface area contributed by atoms with Crippen molar-refractivity contribution in [1.82, 2.24) is 5.32 Å². The number of thioether (sulfide) groups is 2. The third kappa shape index (κ3) is 11.1. The van der Waals surface area contributed by atoms with Gasteiger partial charge in [-0.15, -0.1) is 0 Å². The molecule has 1 N–H and O–H groups in total. The van der Waals surface area contributed by atoms with Gasteiger partial charge in [-0.05, 0) is 91.9 Å². The molecule has 1 aromatic rings. The van der Waals surface area contributed by atoms with E-state index >= 15 is 0 Å².